The maximum absolute atomic E-state index is 13.5. The number of ether oxygens (including phenoxy) is 1. The van der Waals surface area contributed by atoms with E-state index in [2.05, 4.69) is 5.32 Å². The molecular formula is C25H19N3O5. The second-order valence-electron chi connectivity index (χ2n) is 7.47. The van der Waals surface area contributed by atoms with Crippen LogP contribution in [0.4, 0.5) is 17.1 Å². The average molecular weight is 441 g/mol. The molecule has 0 unspecified atom stereocenters. The molecule has 2 heterocycles. The van der Waals surface area contributed by atoms with E-state index < -0.39 is 11.1 Å². The molecule has 5 rings (SSSR count). The molecule has 1 aliphatic heterocycles. The molecule has 4 aromatic rings. The highest BCUT2D eigenvalue weighted by atomic mass is 16.6. The van der Waals surface area contributed by atoms with Crippen LogP contribution in [0.3, 0.4) is 0 Å². The highest BCUT2D eigenvalue weighted by Gasteiger charge is 2.35. The first-order chi connectivity index (χ1) is 16.0. The lowest BCUT2D eigenvalue weighted by Gasteiger charge is -2.36. The first-order valence-corrected chi connectivity index (χ1v) is 10.2. The average Bonchev–Trinajstić information content (AvgIpc) is 3.34. The van der Waals surface area contributed by atoms with Crippen LogP contribution in [0.1, 0.15) is 22.3 Å². The predicted molar refractivity (Wildman–Crippen MR) is 123 cm³/mol. The SMILES string of the molecule is COc1ccc(N2C(=O)c3ccccc3N[C@H]2c2ccc(-c3ccc([N+](=O)[O-])cc3)o2)cc1. The number of furan rings is 1. The largest absolute Gasteiger partial charge is 0.497 e. The summed E-state index contributed by atoms with van der Waals surface area (Å²) in [6, 6.07) is 24.3. The molecule has 3 aromatic carbocycles. The van der Waals surface area contributed by atoms with E-state index in [0.717, 1.165) is 0 Å². The van der Waals surface area contributed by atoms with Gasteiger partial charge in [-0.2, -0.15) is 0 Å². The number of hydrogen-bond donors (Lipinski definition) is 1. The summed E-state index contributed by atoms with van der Waals surface area (Å²) in [7, 11) is 1.59. The zero-order valence-electron chi connectivity index (χ0n) is 17.6. The molecule has 0 saturated heterocycles. The van der Waals surface area contributed by atoms with Gasteiger partial charge in [-0.25, -0.2) is 0 Å². The molecule has 0 bridgehead atoms. The molecule has 8 heteroatoms. The molecule has 1 atom stereocenters. The third-order valence-corrected chi connectivity index (χ3v) is 5.54. The van der Waals surface area contributed by atoms with Gasteiger partial charge in [-0.05, 0) is 60.7 Å². The Kier molecular flexibility index (Phi) is 5.02. The van der Waals surface area contributed by atoms with Gasteiger partial charge in [0.15, 0.2) is 6.17 Å². The van der Waals surface area contributed by atoms with Crippen LogP contribution in [0.15, 0.2) is 89.3 Å². The minimum Gasteiger partial charge on any atom is -0.497 e. The van der Waals surface area contributed by atoms with Crippen molar-refractivity contribution in [1.29, 1.82) is 0 Å². The van der Waals surface area contributed by atoms with Gasteiger partial charge in [-0.15, -0.1) is 0 Å². The van der Waals surface area contributed by atoms with Gasteiger partial charge in [0.05, 0.1) is 17.6 Å². The van der Waals surface area contributed by atoms with Crippen molar-refractivity contribution < 1.29 is 18.9 Å². The van der Waals surface area contributed by atoms with Crippen LogP contribution in [0.25, 0.3) is 11.3 Å². The number of nitro groups is 1. The number of amides is 1. The summed E-state index contributed by atoms with van der Waals surface area (Å²) in [5.41, 5.74) is 2.66. The second kappa shape index (κ2) is 8.16. The molecule has 0 radical (unpaired) electrons. The Morgan fingerprint density at radius 3 is 2.39 bits per heavy atom. The molecule has 33 heavy (non-hydrogen) atoms. The number of rotatable bonds is 5. The van der Waals surface area contributed by atoms with E-state index in [1.165, 1.54) is 12.1 Å². The molecular weight excluding hydrogens is 422 g/mol. The summed E-state index contributed by atoms with van der Waals surface area (Å²) in [5.74, 6) is 1.60. The van der Waals surface area contributed by atoms with Gasteiger partial charge < -0.3 is 14.5 Å². The van der Waals surface area contributed by atoms with Crippen LogP contribution in [0.2, 0.25) is 0 Å². The normalized spacial score (nSPS) is 15.0. The summed E-state index contributed by atoms with van der Waals surface area (Å²) in [4.78, 5) is 25.6. The number of carbonyl (C=O) groups excluding carboxylic acids is 1. The molecule has 0 spiro atoms. The highest BCUT2D eigenvalue weighted by Crippen LogP contribution is 2.38. The zero-order chi connectivity index (χ0) is 22.9. The topological polar surface area (TPSA) is 97.8 Å². The summed E-state index contributed by atoms with van der Waals surface area (Å²) in [6.07, 6.45) is -0.590. The van der Waals surface area contributed by atoms with E-state index >= 15 is 0 Å². The van der Waals surface area contributed by atoms with Gasteiger partial charge in [0.2, 0.25) is 0 Å². The third kappa shape index (κ3) is 3.67. The lowest BCUT2D eigenvalue weighted by molar-refractivity contribution is -0.384. The summed E-state index contributed by atoms with van der Waals surface area (Å²) in [5, 5.41) is 14.3. The fourth-order valence-electron chi connectivity index (χ4n) is 3.86. The van der Waals surface area contributed by atoms with E-state index in [9.17, 15) is 14.9 Å². The quantitative estimate of drug-likeness (QED) is 0.318. The molecule has 1 aromatic heterocycles. The minimum absolute atomic E-state index is 0.00682. The molecule has 1 aliphatic rings. The molecule has 1 N–H and O–H groups in total. The number of carbonyl (C=O) groups is 1. The highest BCUT2D eigenvalue weighted by molar-refractivity contribution is 6.12. The van der Waals surface area contributed by atoms with Gasteiger partial charge in [-0.1, -0.05) is 12.1 Å². The smallest absolute Gasteiger partial charge is 0.269 e. The van der Waals surface area contributed by atoms with Crippen molar-refractivity contribution in [2.45, 2.75) is 6.17 Å². The van der Waals surface area contributed by atoms with Crippen molar-refractivity contribution in [1.82, 2.24) is 0 Å². The Labute approximate surface area is 189 Å². The molecule has 0 fully saturated rings. The number of fused-ring (bicyclic) bond motifs is 1. The number of nitrogens with one attached hydrogen (secondary N) is 1. The van der Waals surface area contributed by atoms with E-state index in [0.29, 0.717) is 39.8 Å². The van der Waals surface area contributed by atoms with Crippen molar-refractivity contribution in [3.05, 3.63) is 106 Å². The number of nitrogens with zero attached hydrogens (tertiary/aromatic N) is 2. The maximum Gasteiger partial charge on any atom is 0.269 e. The number of methoxy groups -OCH3 is 1. The maximum atomic E-state index is 13.5. The lowest BCUT2D eigenvalue weighted by atomic mass is 10.1. The number of para-hydroxylation sites is 1. The van der Waals surface area contributed by atoms with E-state index in [-0.39, 0.29) is 11.6 Å². The van der Waals surface area contributed by atoms with Crippen molar-refractivity contribution in [3.8, 4) is 17.1 Å². The van der Waals surface area contributed by atoms with Crippen molar-refractivity contribution in [2.24, 2.45) is 0 Å². The van der Waals surface area contributed by atoms with Crippen LogP contribution < -0.4 is 15.0 Å². The van der Waals surface area contributed by atoms with Crippen LogP contribution in [0, 0.1) is 10.1 Å². The van der Waals surface area contributed by atoms with Crippen LogP contribution in [-0.4, -0.2) is 17.9 Å². The predicted octanol–water partition coefficient (Wildman–Crippen LogP) is 5.63. The van der Waals surface area contributed by atoms with Gasteiger partial charge in [0.1, 0.15) is 17.3 Å². The standard InChI is InChI=1S/C25H19N3O5/c1-32-19-12-10-17(11-13-19)27-24(26-21-5-3-2-4-20(21)25(27)29)23-15-14-22(33-23)16-6-8-18(9-7-16)28(30)31/h2-15,24,26H,1H3/t24-/m1/s1. The first-order valence-electron chi connectivity index (χ1n) is 10.2. The summed E-state index contributed by atoms with van der Waals surface area (Å²) < 4.78 is 11.4. The number of benzene rings is 3. The lowest BCUT2D eigenvalue weighted by Crippen LogP contribution is -2.43. The molecule has 1 amide bonds. The minimum atomic E-state index is -0.590. The first kappa shape index (κ1) is 20.3. The van der Waals surface area contributed by atoms with Gasteiger partial charge in [0.25, 0.3) is 11.6 Å². The van der Waals surface area contributed by atoms with Crippen LogP contribution in [-0.2, 0) is 0 Å². The van der Waals surface area contributed by atoms with Gasteiger partial charge in [0, 0.05) is 29.1 Å². The zero-order valence-corrected chi connectivity index (χ0v) is 17.6. The fourth-order valence-corrected chi connectivity index (χ4v) is 3.86. The van der Waals surface area contributed by atoms with E-state index in [1.54, 1.807) is 54.5 Å². The number of nitro benzene ring substituents is 1. The Balaban J connectivity index is 1.54. The van der Waals surface area contributed by atoms with Crippen LogP contribution >= 0.6 is 0 Å². The third-order valence-electron chi connectivity index (χ3n) is 5.54. The Morgan fingerprint density at radius 2 is 1.70 bits per heavy atom. The van der Waals surface area contributed by atoms with Gasteiger partial charge in [-0.3, -0.25) is 19.8 Å². The number of anilines is 2. The molecule has 0 aliphatic carbocycles. The fraction of sp³-hybridized carbons (Fsp3) is 0.0800. The molecule has 0 saturated carbocycles. The van der Waals surface area contributed by atoms with E-state index in [1.807, 2.05) is 30.3 Å². The van der Waals surface area contributed by atoms with Crippen molar-refractivity contribution in [2.75, 3.05) is 17.3 Å². The second-order valence-corrected chi connectivity index (χ2v) is 7.47. The number of non-ortho nitro benzene ring substituents is 1. The van der Waals surface area contributed by atoms with E-state index in [4.69, 9.17) is 9.15 Å². The monoisotopic (exact) mass is 441 g/mol. The Hall–Kier alpha value is -4.59. The van der Waals surface area contributed by atoms with Crippen molar-refractivity contribution in [3.63, 3.8) is 0 Å². The Morgan fingerprint density at radius 1 is 0.970 bits per heavy atom. The van der Waals surface area contributed by atoms with Crippen molar-refractivity contribution >= 4 is 23.0 Å². The number of hydrogen-bond acceptors (Lipinski definition) is 6. The van der Waals surface area contributed by atoms with Crippen LogP contribution in [0.5, 0.6) is 5.75 Å². The summed E-state index contributed by atoms with van der Waals surface area (Å²) in [6.45, 7) is 0. The molecule has 8 nitrogen and oxygen atoms in total. The summed E-state index contributed by atoms with van der Waals surface area (Å²) >= 11 is 0. The Bertz CT molecular complexity index is 1330. The van der Waals surface area contributed by atoms with Gasteiger partial charge >= 0.3 is 0 Å². The molecule has 164 valence electrons.